The topological polar surface area (TPSA) is 30.5 Å². The van der Waals surface area contributed by atoms with Crippen LogP contribution in [0.25, 0.3) is 0 Å². The molecule has 98 valence electrons. The van der Waals surface area contributed by atoms with E-state index in [4.69, 9.17) is 9.47 Å². The van der Waals surface area contributed by atoms with Gasteiger partial charge in [-0.3, -0.25) is 0 Å². The molecule has 0 saturated carbocycles. The van der Waals surface area contributed by atoms with E-state index in [1.54, 1.807) is 7.11 Å². The van der Waals surface area contributed by atoms with Crippen molar-refractivity contribution in [3.8, 4) is 23.3 Å². The second-order valence-electron chi connectivity index (χ2n) is 3.77. The van der Waals surface area contributed by atoms with Gasteiger partial charge in [-0.25, -0.2) is 0 Å². The van der Waals surface area contributed by atoms with Gasteiger partial charge in [-0.2, -0.15) is 0 Å². The van der Waals surface area contributed by atoms with E-state index >= 15 is 0 Å². The van der Waals surface area contributed by atoms with Gasteiger partial charge in [0.05, 0.1) is 13.7 Å². The lowest BCUT2D eigenvalue weighted by molar-refractivity contribution is 0.310. The smallest absolute Gasteiger partial charge is 0.161 e. The Hall–Kier alpha value is -1.66. The van der Waals surface area contributed by atoms with E-state index in [-0.39, 0.29) is 0 Å². The first-order chi connectivity index (χ1) is 8.81. The summed E-state index contributed by atoms with van der Waals surface area (Å²) in [5, 5.41) is 3.34. The molecule has 0 saturated heterocycles. The average molecular weight is 247 g/mol. The molecule has 0 radical (unpaired) electrons. The highest BCUT2D eigenvalue weighted by Crippen LogP contribution is 2.27. The number of nitrogens with one attached hydrogen (secondary N) is 1. The Kier molecular flexibility index (Phi) is 6.75. The molecule has 3 heteroatoms. The first-order valence-corrected chi connectivity index (χ1v) is 6.21. The molecule has 0 unspecified atom stereocenters. The van der Waals surface area contributed by atoms with Crippen molar-refractivity contribution < 1.29 is 9.47 Å². The summed E-state index contributed by atoms with van der Waals surface area (Å²) in [5.74, 6) is 7.48. The van der Waals surface area contributed by atoms with Crippen LogP contribution in [0.4, 0.5) is 0 Å². The van der Waals surface area contributed by atoms with Gasteiger partial charge in [0.1, 0.15) is 0 Å². The molecule has 0 aromatic heterocycles. The monoisotopic (exact) mass is 247 g/mol. The Bertz CT molecular complexity index is 418. The second kappa shape index (κ2) is 8.43. The third-order valence-electron chi connectivity index (χ3n) is 2.46. The second-order valence-corrected chi connectivity index (χ2v) is 3.77. The van der Waals surface area contributed by atoms with Gasteiger partial charge in [-0.15, -0.1) is 11.8 Å². The summed E-state index contributed by atoms with van der Waals surface area (Å²) >= 11 is 0. The zero-order chi connectivity index (χ0) is 13.2. The van der Waals surface area contributed by atoms with Gasteiger partial charge in [-0.1, -0.05) is 6.07 Å². The van der Waals surface area contributed by atoms with Crippen molar-refractivity contribution in [2.24, 2.45) is 0 Å². The van der Waals surface area contributed by atoms with Crippen molar-refractivity contribution >= 4 is 0 Å². The molecule has 0 spiro atoms. The lowest BCUT2D eigenvalue weighted by Gasteiger charge is -2.11. The van der Waals surface area contributed by atoms with Gasteiger partial charge in [0.25, 0.3) is 0 Å². The number of ether oxygens (including phenoxy) is 2. The van der Waals surface area contributed by atoms with E-state index in [2.05, 4.69) is 17.2 Å². The van der Waals surface area contributed by atoms with Crippen LogP contribution < -0.4 is 14.8 Å². The van der Waals surface area contributed by atoms with E-state index in [0.717, 1.165) is 31.0 Å². The molecule has 1 aromatic rings. The van der Waals surface area contributed by atoms with Gasteiger partial charge in [0.2, 0.25) is 0 Å². The van der Waals surface area contributed by atoms with E-state index in [1.807, 2.05) is 32.0 Å². The van der Waals surface area contributed by atoms with Gasteiger partial charge in [0, 0.05) is 19.5 Å². The summed E-state index contributed by atoms with van der Waals surface area (Å²) in [6.45, 7) is 6.18. The third-order valence-corrected chi connectivity index (χ3v) is 2.46. The first kappa shape index (κ1) is 14.4. The molecule has 0 atom stereocenters. The molecule has 0 amide bonds. The molecule has 0 aliphatic rings. The summed E-state index contributed by atoms with van der Waals surface area (Å²) in [4.78, 5) is 0. The zero-order valence-electron chi connectivity index (χ0n) is 11.4. The fourth-order valence-electron chi connectivity index (χ4n) is 1.61. The predicted octanol–water partition coefficient (Wildman–Crippen LogP) is 2.60. The van der Waals surface area contributed by atoms with Crippen molar-refractivity contribution in [1.82, 2.24) is 5.32 Å². The van der Waals surface area contributed by atoms with E-state index in [0.29, 0.717) is 6.61 Å². The Labute approximate surface area is 109 Å². The Morgan fingerprint density at radius 2 is 2.11 bits per heavy atom. The fraction of sp³-hybridized carbons (Fsp3) is 0.467. The molecule has 0 fully saturated rings. The van der Waals surface area contributed by atoms with E-state index in [9.17, 15) is 0 Å². The minimum atomic E-state index is 0.643. The van der Waals surface area contributed by atoms with Crippen molar-refractivity contribution in [1.29, 1.82) is 0 Å². The van der Waals surface area contributed by atoms with Gasteiger partial charge in [-0.05, 0) is 31.5 Å². The standard InChI is InChI=1S/C15H21NO2/c1-4-6-7-10-16-12-13-8-9-14(18-5-2)15(11-13)17-3/h8-9,11,16H,5,7,10,12H2,1-3H3. The van der Waals surface area contributed by atoms with Crippen LogP contribution in [0.1, 0.15) is 25.8 Å². The van der Waals surface area contributed by atoms with Crippen LogP contribution in [0.5, 0.6) is 11.5 Å². The number of rotatable bonds is 7. The maximum atomic E-state index is 5.48. The van der Waals surface area contributed by atoms with E-state index in [1.165, 1.54) is 5.56 Å². The normalized spacial score (nSPS) is 9.50. The summed E-state index contributed by atoms with van der Waals surface area (Å²) in [7, 11) is 1.66. The fourth-order valence-corrected chi connectivity index (χ4v) is 1.61. The maximum absolute atomic E-state index is 5.48. The van der Waals surface area contributed by atoms with Crippen LogP contribution in [0.3, 0.4) is 0 Å². The molecule has 1 rings (SSSR count). The Balaban J connectivity index is 2.53. The molecule has 0 heterocycles. The quantitative estimate of drug-likeness (QED) is 0.593. The molecular weight excluding hydrogens is 226 g/mol. The lowest BCUT2D eigenvalue weighted by Crippen LogP contribution is -2.14. The van der Waals surface area contributed by atoms with Crippen LogP contribution >= 0.6 is 0 Å². The highest BCUT2D eigenvalue weighted by Gasteiger charge is 2.04. The highest BCUT2D eigenvalue weighted by molar-refractivity contribution is 5.42. The summed E-state index contributed by atoms with van der Waals surface area (Å²) < 4.78 is 10.8. The minimum Gasteiger partial charge on any atom is -0.493 e. The predicted molar refractivity (Wildman–Crippen MR) is 73.9 cm³/mol. The summed E-state index contributed by atoms with van der Waals surface area (Å²) in [5.41, 5.74) is 1.18. The molecule has 0 aliphatic heterocycles. The van der Waals surface area contributed by atoms with Crippen LogP contribution in [0.2, 0.25) is 0 Å². The van der Waals surface area contributed by atoms with E-state index < -0.39 is 0 Å². The molecule has 1 N–H and O–H groups in total. The molecule has 1 aromatic carbocycles. The summed E-state index contributed by atoms with van der Waals surface area (Å²) in [6.07, 6.45) is 0.880. The Morgan fingerprint density at radius 3 is 2.78 bits per heavy atom. The SMILES string of the molecule is CC#CCCNCc1ccc(OCC)c(OC)c1. The van der Waals surface area contributed by atoms with Crippen LogP contribution in [-0.4, -0.2) is 20.3 Å². The molecule has 0 bridgehead atoms. The molecule has 3 nitrogen and oxygen atoms in total. The molecule has 0 aliphatic carbocycles. The first-order valence-electron chi connectivity index (χ1n) is 6.21. The maximum Gasteiger partial charge on any atom is 0.161 e. The van der Waals surface area contributed by atoms with Gasteiger partial charge >= 0.3 is 0 Å². The number of benzene rings is 1. The van der Waals surface area contributed by atoms with Gasteiger partial charge < -0.3 is 14.8 Å². The number of methoxy groups -OCH3 is 1. The van der Waals surface area contributed by atoms with Crippen molar-refractivity contribution in [3.63, 3.8) is 0 Å². The molecule has 18 heavy (non-hydrogen) atoms. The van der Waals surface area contributed by atoms with Crippen LogP contribution in [-0.2, 0) is 6.54 Å². The van der Waals surface area contributed by atoms with Crippen LogP contribution in [0, 0.1) is 11.8 Å². The zero-order valence-corrected chi connectivity index (χ0v) is 11.4. The number of hydrogen-bond donors (Lipinski definition) is 1. The number of hydrogen-bond acceptors (Lipinski definition) is 3. The van der Waals surface area contributed by atoms with Crippen molar-refractivity contribution in [2.75, 3.05) is 20.3 Å². The largest absolute Gasteiger partial charge is 0.493 e. The van der Waals surface area contributed by atoms with Crippen molar-refractivity contribution in [2.45, 2.75) is 26.8 Å². The van der Waals surface area contributed by atoms with Crippen LogP contribution in [0.15, 0.2) is 18.2 Å². The van der Waals surface area contributed by atoms with Gasteiger partial charge in [0.15, 0.2) is 11.5 Å². The van der Waals surface area contributed by atoms with Crippen molar-refractivity contribution in [3.05, 3.63) is 23.8 Å². The average Bonchev–Trinajstić information content (AvgIpc) is 2.40. The molecular formula is C15H21NO2. The minimum absolute atomic E-state index is 0.643. The Morgan fingerprint density at radius 1 is 1.28 bits per heavy atom. The lowest BCUT2D eigenvalue weighted by atomic mass is 10.2. The third kappa shape index (κ3) is 4.68. The highest BCUT2D eigenvalue weighted by atomic mass is 16.5. The summed E-state index contributed by atoms with van der Waals surface area (Å²) in [6, 6.07) is 6.00.